The van der Waals surface area contributed by atoms with Gasteiger partial charge < -0.3 is 0 Å². The Morgan fingerprint density at radius 3 is 1.76 bits per heavy atom. The number of aromatic nitrogens is 2. The Morgan fingerprint density at radius 1 is 0.488 bits per heavy atom. The van der Waals surface area contributed by atoms with Crippen LogP contribution in [-0.2, 0) is 0 Å². The van der Waals surface area contributed by atoms with Crippen molar-refractivity contribution in [3.8, 4) is 39.3 Å². The van der Waals surface area contributed by atoms with Crippen LogP contribution in [0.1, 0.15) is 6.85 Å². The average molecular weight is 528 g/mol. The van der Waals surface area contributed by atoms with Crippen LogP contribution in [0.15, 0.2) is 158 Å². The Morgan fingerprint density at radius 2 is 1.05 bits per heavy atom. The fraction of sp³-hybridized carbons (Fsp3) is 0. The first kappa shape index (κ1) is 18.8. The number of hydrogen-bond donors (Lipinski definition) is 0. The number of hydrogen-bond acceptors (Lipinski definition) is 1. The third-order valence-electron chi connectivity index (χ3n) is 7.68. The maximum absolute atomic E-state index is 8.89. The SMILES string of the molecule is [2H]c1c([2H])c([2H])c(-n2c(-c3c4ccccc4c(-c4cccc(-c5ccccc5)c4)c4ccccc34)nc3ccccc32)c([2H])c1[2H]. The molecule has 0 bridgehead atoms. The summed E-state index contributed by atoms with van der Waals surface area (Å²) in [5.41, 5.74) is 6.67. The maximum atomic E-state index is 8.89. The molecule has 0 atom stereocenters. The minimum atomic E-state index is -0.428. The Balaban J connectivity index is 1.51. The predicted octanol–water partition coefficient (Wildman–Crippen LogP) is 10.3. The number of benzene rings is 7. The van der Waals surface area contributed by atoms with Crippen LogP contribution in [0.25, 0.3) is 71.9 Å². The molecule has 0 fully saturated rings. The zero-order valence-electron chi connectivity index (χ0n) is 27.0. The molecule has 0 spiro atoms. The summed E-state index contributed by atoms with van der Waals surface area (Å²) in [6.07, 6.45) is 0. The largest absolute Gasteiger partial charge is 0.292 e. The van der Waals surface area contributed by atoms with Crippen LogP contribution >= 0.6 is 0 Å². The van der Waals surface area contributed by atoms with E-state index in [1.54, 1.807) is 4.57 Å². The van der Waals surface area contributed by atoms with Crippen LogP contribution in [0.5, 0.6) is 0 Å². The second-order valence-electron chi connectivity index (χ2n) is 10.0. The fourth-order valence-electron chi connectivity index (χ4n) is 5.94. The summed E-state index contributed by atoms with van der Waals surface area (Å²) in [6.45, 7) is 0. The van der Waals surface area contributed by atoms with Crippen LogP contribution in [0.4, 0.5) is 0 Å². The zero-order chi connectivity index (χ0) is 31.5. The summed E-state index contributed by atoms with van der Waals surface area (Å²) in [7, 11) is 0. The van der Waals surface area contributed by atoms with Crippen molar-refractivity contribution in [2.24, 2.45) is 0 Å². The Bertz CT molecular complexity index is 2400. The molecule has 1 heterocycles. The highest BCUT2D eigenvalue weighted by Gasteiger charge is 2.22. The first-order chi connectivity index (χ1) is 22.4. The van der Waals surface area contributed by atoms with Crippen LogP contribution < -0.4 is 0 Å². The van der Waals surface area contributed by atoms with Crippen molar-refractivity contribution in [3.63, 3.8) is 0 Å². The Hall–Kier alpha value is -5.47. The fourth-order valence-corrected chi connectivity index (χ4v) is 5.94. The lowest BCUT2D eigenvalue weighted by molar-refractivity contribution is 1.11. The van der Waals surface area contributed by atoms with Gasteiger partial charge in [0.15, 0.2) is 0 Å². The highest BCUT2D eigenvalue weighted by atomic mass is 15.1. The van der Waals surface area contributed by atoms with E-state index in [1.165, 1.54) is 0 Å². The van der Waals surface area contributed by atoms with Crippen LogP contribution in [0.2, 0.25) is 0 Å². The standard InChI is InChI=1S/C39H26N2/c1-3-14-27(15-4-1)28-16-13-17-29(26-28)37-31-20-7-9-22-33(31)38(34-23-10-8-21-32(34)37)39-40-35-24-11-12-25-36(35)41(39)30-18-5-2-6-19-30/h1-26H/i2D,5D,6D,18D,19D. The van der Waals surface area contributed by atoms with Gasteiger partial charge in [-0.3, -0.25) is 4.57 Å². The quantitative estimate of drug-likeness (QED) is 0.208. The zero-order valence-corrected chi connectivity index (χ0v) is 22.0. The van der Waals surface area contributed by atoms with E-state index in [-0.39, 0.29) is 29.9 Å². The summed E-state index contributed by atoms with van der Waals surface area (Å²) in [6, 6.07) is 41.1. The summed E-state index contributed by atoms with van der Waals surface area (Å²) in [5, 5.41) is 3.96. The van der Waals surface area contributed by atoms with Gasteiger partial charge in [-0.05, 0) is 74.1 Å². The molecule has 192 valence electrons. The molecule has 0 amide bonds. The maximum Gasteiger partial charge on any atom is 0.146 e. The molecular formula is C39H26N2. The molecule has 0 N–H and O–H groups in total. The third kappa shape index (κ3) is 3.84. The molecule has 2 nitrogen and oxygen atoms in total. The van der Waals surface area contributed by atoms with E-state index in [9.17, 15) is 0 Å². The van der Waals surface area contributed by atoms with Gasteiger partial charge in [-0.25, -0.2) is 4.98 Å². The molecule has 1 aromatic heterocycles. The molecule has 41 heavy (non-hydrogen) atoms. The van der Waals surface area contributed by atoms with Gasteiger partial charge in [0.25, 0.3) is 0 Å². The van der Waals surface area contributed by atoms with Gasteiger partial charge in [0.1, 0.15) is 5.82 Å². The molecule has 0 unspecified atom stereocenters. The topological polar surface area (TPSA) is 17.8 Å². The van der Waals surface area contributed by atoms with Crippen LogP contribution in [0.3, 0.4) is 0 Å². The minimum Gasteiger partial charge on any atom is -0.292 e. The lowest BCUT2D eigenvalue weighted by atomic mass is 9.87. The highest BCUT2D eigenvalue weighted by Crippen LogP contribution is 2.45. The van der Waals surface area contributed by atoms with Crippen LogP contribution in [0, 0.1) is 0 Å². The lowest BCUT2D eigenvalue weighted by Crippen LogP contribution is -1.99. The first-order valence-corrected chi connectivity index (χ1v) is 13.6. The van der Waals surface area contributed by atoms with E-state index in [4.69, 9.17) is 11.8 Å². The summed E-state index contributed by atoms with van der Waals surface area (Å²) in [5.74, 6) is 0.511. The normalized spacial score (nSPS) is 13.1. The summed E-state index contributed by atoms with van der Waals surface area (Å²) >= 11 is 0. The molecule has 8 aromatic rings. The van der Waals surface area contributed by atoms with Crippen molar-refractivity contribution in [3.05, 3.63) is 158 Å². The molecule has 2 heteroatoms. The first-order valence-electron chi connectivity index (χ1n) is 16.1. The summed E-state index contributed by atoms with van der Waals surface area (Å²) < 4.78 is 44.6. The molecule has 0 aliphatic carbocycles. The van der Waals surface area contributed by atoms with Gasteiger partial charge in [0, 0.05) is 11.3 Å². The Labute approximate surface area is 245 Å². The minimum absolute atomic E-state index is 0.0718. The van der Waals surface area contributed by atoms with Crippen LogP contribution in [-0.4, -0.2) is 9.55 Å². The average Bonchev–Trinajstić information content (AvgIpc) is 3.48. The van der Waals surface area contributed by atoms with E-state index in [0.717, 1.165) is 49.4 Å². The highest BCUT2D eigenvalue weighted by molar-refractivity contribution is 6.21. The van der Waals surface area contributed by atoms with Gasteiger partial charge in [-0.1, -0.05) is 127 Å². The molecule has 0 radical (unpaired) electrons. The monoisotopic (exact) mass is 527 g/mol. The van der Waals surface area contributed by atoms with E-state index in [2.05, 4.69) is 60.7 Å². The number of imidazole rings is 1. The van der Waals surface area contributed by atoms with Crippen molar-refractivity contribution >= 4 is 32.6 Å². The van der Waals surface area contributed by atoms with E-state index in [0.29, 0.717) is 16.9 Å². The van der Waals surface area contributed by atoms with E-state index >= 15 is 0 Å². The molecule has 7 aromatic carbocycles. The van der Waals surface area contributed by atoms with Crippen molar-refractivity contribution in [1.29, 1.82) is 0 Å². The number of nitrogens with zero attached hydrogens (tertiary/aromatic N) is 2. The number of para-hydroxylation sites is 3. The number of fused-ring (bicyclic) bond motifs is 3. The van der Waals surface area contributed by atoms with Crippen molar-refractivity contribution in [2.45, 2.75) is 0 Å². The molecule has 0 aliphatic heterocycles. The van der Waals surface area contributed by atoms with Crippen molar-refractivity contribution < 1.29 is 6.85 Å². The van der Waals surface area contributed by atoms with Gasteiger partial charge >= 0.3 is 0 Å². The second-order valence-corrected chi connectivity index (χ2v) is 10.0. The number of rotatable bonds is 4. The molecular weight excluding hydrogens is 496 g/mol. The van der Waals surface area contributed by atoms with Gasteiger partial charge in [0.2, 0.25) is 0 Å². The van der Waals surface area contributed by atoms with Crippen molar-refractivity contribution in [1.82, 2.24) is 9.55 Å². The summed E-state index contributed by atoms with van der Waals surface area (Å²) in [4.78, 5) is 5.11. The second kappa shape index (κ2) is 9.62. The van der Waals surface area contributed by atoms with Gasteiger partial charge in [-0.2, -0.15) is 0 Å². The molecule has 0 saturated heterocycles. The van der Waals surface area contributed by atoms with E-state index < -0.39 is 6.04 Å². The molecule has 0 aliphatic rings. The smallest absolute Gasteiger partial charge is 0.146 e. The lowest BCUT2D eigenvalue weighted by Gasteiger charge is -2.18. The molecule has 0 saturated carbocycles. The molecule has 8 rings (SSSR count). The Kier molecular flexibility index (Phi) is 4.40. The van der Waals surface area contributed by atoms with Crippen molar-refractivity contribution in [2.75, 3.05) is 0 Å². The van der Waals surface area contributed by atoms with E-state index in [1.807, 2.05) is 66.7 Å². The third-order valence-corrected chi connectivity index (χ3v) is 7.68. The van der Waals surface area contributed by atoms with Gasteiger partial charge in [-0.15, -0.1) is 0 Å². The van der Waals surface area contributed by atoms with Gasteiger partial charge in [0.05, 0.1) is 17.9 Å². The predicted molar refractivity (Wildman–Crippen MR) is 172 cm³/mol.